The summed E-state index contributed by atoms with van der Waals surface area (Å²) in [4.78, 5) is 38.0. The summed E-state index contributed by atoms with van der Waals surface area (Å²) in [7, 11) is 0. The number of nitrogens with zero attached hydrogens (tertiary/aromatic N) is 4. The quantitative estimate of drug-likeness (QED) is 0.228. The lowest BCUT2D eigenvalue weighted by molar-refractivity contribution is -0.750. The maximum absolute atomic E-state index is 13.4. The van der Waals surface area contributed by atoms with Crippen molar-refractivity contribution in [2.24, 2.45) is 21.2 Å². The molecule has 3 heterocycles. The topological polar surface area (TPSA) is 97.3 Å². The van der Waals surface area contributed by atoms with Crippen LogP contribution in [0, 0.1) is 5.41 Å². The van der Waals surface area contributed by atoms with Crippen molar-refractivity contribution in [1.82, 2.24) is 4.90 Å². The minimum absolute atomic E-state index is 0.134. The first-order valence-corrected chi connectivity index (χ1v) is 14.4. The first-order valence-electron chi connectivity index (χ1n) is 14.4. The number of carbonyl (C=O) groups excluding carboxylic acids is 2. The summed E-state index contributed by atoms with van der Waals surface area (Å²) in [5.74, 6) is 8.00. The Hall–Kier alpha value is -4.66. The van der Waals surface area contributed by atoms with Crippen LogP contribution in [0.5, 0.6) is 5.75 Å². The highest BCUT2D eigenvalue weighted by molar-refractivity contribution is 6.21. The summed E-state index contributed by atoms with van der Waals surface area (Å²) < 4.78 is 5.99. The van der Waals surface area contributed by atoms with E-state index in [9.17, 15) is 9.59 Å². The third-order valence-corrected chi connectivity index (χ3v) is 8.79. The molecule has 1 saturated carbocycles. The van der Waals surface area contributed by atoms with E-state index in [-0.39, 0.29) is 23.0 Å². The van der Waals surface area contributed by atoms with Gasteiger partial charge in [0.25, 0.3) is 17.6 Å². The largest absolute Gasteiger partial charge is 0.489 e. The monoisotopic (exact) mass is 558 g/mol. The van der Waals surface area contributed by atoms with Crippen LogP contribution in [0.25, 0.3) is 0 Å². The third-order valence-electron chi connectivity index (χ3n) is 8.79. The molecule has 8 nitrogen and oxygen atoms in total. The minimum atomic E-state index is -0.538. The summed E-state index contributed by atoms with van der Waals surface area (Å²) in [6, 6.07) is 24.9. The molecule has 1 fully saturated rings. The molecule has 4 aliphatic rings. The van der Waals surface area contributed by atoms with Crippen molar-refractivity contribution in [3.05, 3.63) is 125 Å². The van der Waals surface area contributed by atoms with Crippen molar-refractivity contribution in [2.45, 2.75) is 38.7 Å². The maximum Gasteiger partial charge on any atom is 0.265 e. The van der Waals surface area contributed by atoms with Gasteiger partial charge in [-0.05, 0) is 48.7 Å². The summed E-state index contributed by atoms with van der Waals surface area (Å²) in [5.41, 5.74) is 3.87. The SMILES string of the molecule is N[N+]12C=CN=CC1=C(C1(CN3C(=O)c4ccccc4C3=O)CCCCC1)N=C2c1cccc(OCc2ccccc2)c1. The molecule has 3 aliphatic heterocycles. The Morgan fingerprint density at radius 3 is 2.33 bits per heavy atom. The van der Waals surface area contributed by atoms with Gasteiger partial charge in [-0.2, -0.15) is 10.8 Å². The molecule has 1 aliphatic carbocycles. The Kier molecular flexibility index (Phi) is 6.45. The van der Waals surface area contributed by atoms with E-state index in [1.807, 2.05) is 60.8 Å². The van der Waals surface area contributed by atoms with Crippen LogP contribution in [-0.2, 0) is 6.61 Å². The van der Waals surface area contributed by atoms with Gasteiger partial charge in [0, 0.05) is 12.0 Å². The number of rotatable bonds is 7. The molecule has 1 atom stereocenters. The molecule has 42 heavy (non-hydrogen) atoms. The van der Waals surface area contributed by atoms with Gasteiger partial charge in [-0.1, -0.05) is 67.8 Å². The first-order chi connectivity index (χ1) is 20.5. The van der Waals surface area contributed by atoms with Gasteiger partial charge in [-0.25, -0.2) is 0 Å². The molecular formula is C34H32N5O3+. The zero-order valence-electron chi connectivity index (χ0n) is 23.3. The third kappa shape index (κ3) is 4.31. The van der Waals surface area contributed by atoms with Crippen LogP contribution in [0.2, 0.25) is 0 Å². The average molecular weight is 559 g/mol. The van der Waals surface area contributed by atoms with Gasteiger partial charge in [0.2, 0.25) is 5.70 Å². The molecule has 210 valence electrons. The minimum Gasteiger partial charge on any atom is -0.489 e. The lowest BCUT2D eigenvalue weighted by atomic mass is 9.70. The van der Waals surface area contributed by atoms with Crippen LogP contribution < -0.4 is 10.6 Å². The maximum atomic E-state index is 13.4. The van der Waals surface area contributed by atoms with Crippen LogP contribution >= 0.6 is 0 Å². The molecule has 1 unspecified atom stereocenters. The normalized spacial score (nSPS) is 22.3. The number of imide groups is 1. The number of benzene rings is 3. The number of hydrogen-bond donors (Lipinski definition) is 1. The Morgan fingerprint density at radius 1 is 0.881 bits per heavy atom. The van der Waals surface area contributed by atoms with E-state index in [0.29, 0.717) is 29.3 Å². The van der Waals surface area contributed by atoms with Crippen LogP contribution in [0.4, 0.5) is 0 Å². The molecule has 3 aromatic rings. The van der Waals surface area contributed by atoms with Crippen LogP contribution in [0.15, 0.2) is 113 Å². The zero-order valence-corrected chi connectivity index (χ0v) is 23.3. The number of amidine groups is 1. The van der Waals surface area contributed by atoms with Crippen LogP contribution in [0.3, 0.4) is 0 Å². The fraction of sp³-hybridized carbons (Fsp3) is 0.235. The lowest BCUT2D eigenvalue weighted by Crippen LogP contribution is -2.53. The lowest BCUT2D eigenvalue weighted by Gasteiger charge is -2.39. The highest BCUT2D eigenvalue weighted by Crippen LogP contribution is 2.49. The molecule has 2 amide bonds. The Balaban J connectivity index is 1.26. The number of fused-ring (bicyclic) bond motifs is 2. The highest BCUT2D eigenvalue weighted by atomic mass is 16.5. The number of carbonyl (C=O) groups is 2. The summed E-state index contributed by atoms with van der Waals surface area (Å²) in [5, 5.41) is 0. The number of quaternary nitrogens is 1. The Morgan fingerprint density at radius 2 is 1.60 bits per heavy atom. The van der Waals surface area contributed by atoms with Gasteiger partial charge in [-0.3, -0.25) is 19.5 Å². The molecule has 0 saturated heterocycles. The second kappa shape index (κ2) is 10.3. The van der Waals surface area contributed by atoms with Crippen molar-refractivity contribution in [3.63, 3.8) is 0 Å². The molecule has 0 bridgehead atoms. The fourth-order valence-corrected chi connectivity index (χ4v) is 6.62. The van der Waals surface area contributed by atoms with E-state index in [0.717, 1.165) is 54.6 Å². The molecular weight excluding hydrogens is 526 g/mol. The van der Waals surface area contributed by atoms with E-state index in [2.05, 4.69) is 4.99 Å². The molecule has 0 spiro atoms. The summed E-state index contributed by atoms with van der Waals surface area (Å²) in [6.45, 7) is 0.705. The number of allylic oxidation sites excluding steroid dienone is 1. The van der Waals surface area contributed by atoms with Gasteiger partial charge in [0.05, 0.1) is 29.1 Å². The van der Waals surface area contributed by atoms with Crippen LogP contribution in [-0.4, -0.2) is 39.9 Å². The van der Waals surface area contributed by atoms with E-state index in [4.69, 9.17) is 15.6 Å². The highest BCUT2D eigenvalue weighted by Gasteiger charge is 2.53. The van der Waals surface area contributed by atoms with E-state index < -0.39 is 5.41 Å². The standard InChI is InChI=1S/C34H32N5O3/c35-39-19-18-36-21-29(39)30(37-31(39)25-12-9-13-26(20-25)42-22-24-10-3-1-4-11-24)34(16-7-2-8-17-34)23-38-32(40)27-14-5-6-15-28(27)33(38)41/h1,3-6,9-15,18-21H,2,7-8,16-17,22-23,35H2/q+1. The number of ether oxygens (including phenoxy) is 1. The van der Waals surface area contributed by atoms with E-state index in [1.165, 1.54) is 4.90 Å². The Labute approximate surface area is 244 Å². The molecule has 2 N–H and O–H groups in total. The number of aliphatic imine (C=N–C) groups is 2. The number of nitrogens with two attached hydrogens (primary N) is 1. The number of hydrogen-bond acceptors (Lipinski definition) is 6. The summed E-state index contributed by atoms with van der Waals surface area (Å²) >= 11 is 0. The second-order valence-electron chi connectivity index (χ2n) is 11.4. The van der Waals surface area contributed by atoms with Gasteiger partial charge in [0.1, 0.15) is 24.3 Å². The van der Waals surface area contributed by atoms with Gasteiger partial charge in [-0.15, -0.1) is 4.59 Å². The molecule has 0 radical (unpaired) electrons. The average Bonchev–Trinajstić information content (AvgIpc) is 3.48. The zero-order chi connectivity index (χ0) is 28.7. The Bertz CT molecular complexity index is 1670. The van der Waals surface area contributed by atoms with Crippen molar-refractivity contribution in [1.29, 1.82) is 0 Å². The van der Waals surface area contributed by atoms with Crippen molar-refractivity contribution in [2.75, 3.05) is 6.54 Å². The predicted octanol–water partition coefficient (Wildman–Crippen LogP) is 5.73. The van der Waals surface area contributed by atoms with Crippen molar-refractivity contribution < 1.29 is 18.9 Å². The molecule has 8 heteroatoms. The van der Waals surface area contributed by atoms with Crippen molar-refractivity contribution >= 4 is 23.9 Å². The molecule has 0 aromatic heterocycles. The second-order valence-corrected chi connectivity index (χ2v) is 11.4. The van der Waals surface area contributed by atoms with Gasteiger partial charge < -0.3 is 4.74 Å². The fourth-order valence-electron chi connectivity index (χ4n) is 6.62. The van der Waals surface area contributed by atoms with Crippen molar-refractivity contribution in [3.8, 4) is 5.75 Å². The van der Waals surface area contributed by atoms with Gasteiger partial charge in [0.15, 0.2) is 0 Å². The van der Waals surface area contributed by atoms with E-state index >= 15 is 0 Å². The first kappa shape index (κ1) is 26.3. The van der Waals surface area contributed by atoms with E-state index in [1.54, 1.807) is 36.7 Å². The molecule has 7 rings (SSSR count). The predicted molar refractivity (Wildman–Crippen MR) is 160 cm³/mol. The van der Waals surface area contributed by atoms with Crippen LogP contribution in [0.1, 0.15) is 63.9 Å². The smallest absolute Gasteiger partial charge is 0.265 e. The van der Waals surface area contributed by atoms with Gasteiger partial charge >= 0.3 is 0 Å². The number of amides is 2. The molecule has 3 aromatic carbocycles. The summed E-state index contributed by atoms with van der Waals surface area (Å²) in [6.07, 6.45) is 9.95.